The van der Waals surface area contributed by atoms with E-state index >= 15 is 0 Å². The van der Waals surface area contributed by atoms with Gasteiger partial charge in [-0.05, 0) is 20.8 Å². The molecule has 2 aromatic heterocycles. The molecule has 3 aromatic rings. The molecule has 2 N–H and O–H groups in total. The summed E-state index contributed by atoms with van der Waals surface area (Å²) < 4.78 is 0. The Morgan fingerprint density at radius 1 is 0.789 bits per heavy atom. The Bertz CT molecular complexity index is 606. The fourth-order valence-electron chi connectivity index (χ4n) is 1.70. The lowest BCUT2D eigenvalue weighted by Crippen LogP contribution is -1.78. The zero-order valence-electron chi connectivity index (χ0n) is 11.4. The molecule has 1 aromatic carbocycles. The van der Waals surface area contributed by atoms with Gasteiger partial charge < -0.3 is 9.97 Å². The molecule has 0 fully saturated rings. The smallest absolute Gasteiger partial charge is 0.137 e. The van der Waals surface area contributed by atoms with Crippen LogP contribution in [0.1, 0.15) is 17.2 Å². The van der Waals surface area contributed by atoms with Gasteiger partial charge in [0.2, 0.25) is 0 Å². The zero-order valence-corrected chi connectivity index (χ0v) is 11.4. The average molecular weight is 254 g/mol. The molecule has 4 nitrogen and oxygen atoms in total. The fraction of sp³-hybridized carbons (Fsp3) is 0.200. The van der Waals surface area contributed by atoms with Crippen molar-refractivity contribution < 1.29 is 0 Å². The van der Waals surface area contributed by atoms with Crippen molar-refractivity contribution in [1.29, 1.82) is 0 Å². The van der Waals surface area contributed by atoms with Crippen molar-refractivity contribution in [2.45, 2.75) is 20.8 Å². The monoisotopic (exact) mass is 254 g/mol. The fourth-order valence-corrected chi connectivity index (χ4v) is 1.70. The number of H-pyrrole nitrogens is 2. The largest absolute Gasteiger partial charge is 0.346 e. The van der Waals surface area contributed by atoms with Gasteiger partial charge >= 0.3 is 0 Å². The van der Waals surface area contributed by atoms with E-state index < -0.39 is 0 Å². The lowest BCUT2D eigenvalue weighted by molar-refractivity contribution is 1.13. The molecule has 0 aliphatic rings. The highest BCUT2D eigenvalue weighted by atomic mass is 14.9. The molecule has 19 heavy (non-hydrogen) atoms. The lowest BCUT2D eigenvalue weighted by atomic mass is 10.2. The van der Waals surface area contributed by atoms with Gasteiger partial charge in [0.05, 0.1) is 0 Å². The van der Waals surface area contributed by atoms with Crippen molar-refractivity contribution in [3.63, 3.8) is 0 Å². The van der Waals surface area contributed by atoms with E-state index in [1.54, 1.807) is 0 Å². The first-order chi connectivity index (χ1) is 9.15. The molecular weight excluding hydrogens is 236 g/mol. The van der Waals surface area contributed by atoms with E-state index in [1.807, 2.05) is 63.5 Å². The molecule has 0 radical (unpaired) electrons. The number of imidazole rings is 2. The number of nitrogens with one attached hydrogen (secondary N) is 2. The minimum atomic E-state index is 0.938. The third-order valence-electron chi connectivity index (χ3n) is 2.58. The van der Waals surface area contributed by atoms with Crippen LogP contribution in [0, 0.1) is 20.8 Å². The molecule has 3 rings (SSSR count). The van der Waals surface area contributed by atoms with Crippen LogP contribution in [-0.4, -0.2) is 19.9 Å². The van der Waals surface area contributed by atoms with Crippen molar-refractivity contribution in [1.82, 2.24) is 19.9 Å². The number of benzene rings is 1. The van der Waals surface area contributed by atoms with Crippen LogP contribution < -0.4 is 0 Å². The molecule has 98 valence electrons. The van der Waals surface area contributed by atoms with Gasteiger partial charge in [0, 0.05) is 29.3 Å². The lowest BCUT2D eigenvalue weighted by Gasteiger charge is -1.93. The number of hydrogen-bond donors (Lipinski definition) is 2. The number of aromatic nitrogens is 4. The second-order valence-electron chi connectivity index (χ2n) is 4.43. The molecule has 2 heterocycles. The van der Waals surface area contributed by atoms with E-state index in [1.165, 1.54) is 0 Å². The summed E-state index contributed by atoms with van der Waals surface area (Å²) in [5.74, 6) is 1.92. The molecule has 0 unspecified atom stereocenters. The molecular formula is C15H18N4. The van der Waals surface area contributed by atoms with Gasteiger partial charge in [-0.3, -0.25) is 0 Å². The van der Waals surface area contributed by atoms with Gasteiger partial charge in [-0.25, -0.2) is 9.97 Å². The SMILES string of the molecule is Cc1cnc(-c2ccccc2)[nH]1.Cc1cnc(C)[nH]1. The Kier molecular flexibility index (Phi) is 4.13. The van der Waals surface area contributed by atoms with E-state index in [0.29, 0.717) is 0 Å². The molecule has 0 spiro atoms. The van der Waals surface area contributed by atoms with Crippen molar-refractivity contribution in [2.24, 2.45) is 0 Å². The number of rotatable bonds is 1. The van der Waals surface area contributed by atoms with Gasteiger partial charge in [-0.2, -0.15) is 0 Å². The normalized spacial score (nSPS) is 9.84. The van der Waals surface area contributed by atoms with Crippen molar-refractivity contribution >= 4 is 0 Å². The number of hydrogen-bond acceptors (Lipinski definition) is 2. The van der Waals surface area contributed by atoms with Crippen LogP contribution in [0.3, 0.4) is 0 Å². The summed E-state index contributed by atoms with van der Waals surface area (Å²) in [6.07, 6.45) is 3.65. The Morgan fingerprint density at radius 2 is 1.42 bits per heavy atom. The second-order valence-corrected chi connectivity index (χ2v) is 4.43. The second kappa shape index (κ2) is 6.00. The van der Waals surface area contributed by atoms with Gasteiger partial charge in [0.25, 0.3) is 0 Å². The number of aryl methyl sites for hydroxylation is 3. The van der Waals surface area contributed by atoms with Crippen LogP contribution in [-0.2, 0) is 0 Å². The predicted octanol–water partition coefficient (Wildman–Crippen LogP) is 3.41. The van der Waals surface area contributed by atoms with Crippen LogP contribution in [0.5, 0.6) is 0 Å². The zero-order chi connectivity index (χ0) is 13.7. The van der Waals surface area contributed by atoms with Crippen molar-refractivity contribution in [3.05, 3.63) is 59.9 Å². The molecule has 0 atom stereocenters. The van der Waals surface area contributed by atoms with E-state index in [2.05, 4.69) is 19.9 Å². The Hall–Kier alpha value is -2.36. The maximum Gasteiger partial charge on any atom is 0.137 e. The van der Waals surface area contributed by atoms with E-state index in [9.17, 15) is 0 Å². The highest BCUT2D eigenvalue weighted by Gasteiger charge is 1.98. The highest BCUT2D eigenvalue weighted by Crippen LogP contribution is 2.13. The molecule has 4 heteroatoms. The Balaban J connectivity index is 0.000000163. The third-order valence-corrected chi connectivity index (χ3v) is 2.58. The Morgan fingerprint density at radius 3 is 1.84 bits per heavy atom. The van der Waals surface area contributed by atoms with Crippen LogP contribution >= 0.6 is 0 Å². The first-order valence-corrected chi connectivity index (χ1v) is 6.20. The van der Waals surface area contributed by atoms with Gasteiger partial charge in [0.15, 0.2) is 0 Å². The number of nitrogens with zero attached hydrogens (tertiary/aromatic N) is 2. The van der Waals surface area contributed by atoms with Crippen molar-refractivity contribution in [2.75, 3.05) is 0 Å². The van der Waals surface area contributed by atoms with Gasteiger partial charge in [-0.15, -0.1) is 0 Å². The quantitative estimate of drug-likeness (QED) is 0.699. The van der Waals surface area contributed by atoms with E-state index in [-0.39, 0.29) is 0 Å². The average Bonchev–Trinajstić information content (AvgIpc) is 3.00. The van der Waals surface area contributed by atoms with Gasteiger partial charge in [0.1, 0.15) is 11.6 Å². The summed E-state index contributed by atoms with van der Waals surface area (Å²) in [7, 11) is 0. The first-order valence-electron chi connectivity index (χ1n) is 6.20. The maximum absolute atomic E-state index is 4.23. The summed E-state index contributed by atoms with van der Waals surface area (Å²) >= 11 is 0. The van der Waals surface area contributed by atoms with Crippen LogP contribution in [0.15, 0.2) is 42.7 Å². The van der Waals surface area contributed by atoms with E-state index in [0.717, 1.165) is 28.6 Å². The van der Waals surface area contributed by atoms with Crippen molar-refractivity contribution in [3.8, 4) is 11.4 Å². The van der Waals surface area contributed by atoms with Crippen LogP contribution in [0.4, 0.5) is 0 Å². The first kappa shape index (κ1) is 13.1. The summed E-state index contributed by atoms with van der Waals surface area (Å²) in [6, 6.07) is 10.1. The highest BCUT2D eigenvalue weighted by molar-refractivity contribution is 5.54. The molecule has 0 aliphatic carbocycles. The summed E-state index contributed by atoms with van der Waals surface area (Å²) in [5.41, 5.74) is 3.34. The van der Waals surface area contributed by atoms with Crippen LogP contribution in [0.25, 0.3) is 11.4 Å². The van der Waals surface area contributed by atoms with Gasteiger partial charge in [-0.1, -0.05) is 30.3 Å². The minimum absolute atomic E-state index is 0.938. The van der Waals surface area contributed by atoms with Crippen LogP contribution in [0.2, 0.25) is 0 Å². The molecule has 0 amide bonds. The molecule has 0 aliphatic heterocycles. The summed E-state index contributed by atoms with van der Waals surface area (Å²) in [5, 5.41) is 0. The summed E-state index contributed by atoms with van der Waals surface area (Å²) in [6.45, 7) is 5.92. The molecule has 0 saturated carbocycles. The molecule has 0 saturated heterocycles. The standard InChI is InChI=1S/C10H10N2.C5H8N2/c1-8-7-11-10(12-8)9-5-3-2-4-6-9;1-4-3-6-5(2)7-4/h2-7H,1H3,(H,11,12);3H,1-2H3,(H,6,7). The summed E-state index contributed by atoms with van der Waals surface area (Å²) in [4.78, 5) is 14.4. The Labute approximate surface area is 113 Å². The topological polar surface area (TPSA) is 57.4 Å². The predicted molar refractivity (Wildman–Crippen MR) is 76.8 cm³/mol. The third kappa shape index (κ3) is 3.81. The minimum Gasteiger partial charge on any atom is -0.346 e. The number of aromatic amines is 2. The maximum atomic E-state index is 4.23. The molecule has 0 bridgehead atoms. The van der Waals surface area contributed by atoms with E-state index in [4.69, 9.17) is 0 Å².